The summed E-state index contributed by atoms with van der Waals surface area (Å²) >= 11 is 0. The van der Waals surface area contributed by atoms with Gasteiger partial charge in [0.25, 0.3) is 5.91 Å². The van der Waals surface area contributed by atoms with Crippen LogP contribution in [0.5, 0.6) is 0 Å². The molecule has 1 N–H and O–H groups in total. The highest BCUT2D eigenvalue weighted by molar-refractivity contribution is 5.96. The molecule has 0 atom stereocenters. The van der Waals surface area contributed by atoms with Gasteiger partial charge in [-0.3, -0.25) is 4.79 Å². The van der Waals surface area contributed by atoms with E-state index in [9.17, 15) is 4.79 Å². The molecule has 1 aromatic rings. The molecule has 1 amide bonds. The molecule has 0 aliphatic rings. The zero-order valence-electron chi connectivity index (χ0n) is 11.3. The minimum absolute atomic E-state index is 0.0225. The van der Waals surface area contributed by atoms with Gasteiger partial charge < -0.3 is 5.32 Å². The van der Waals surface area contributed by atoms with Crippen LogP contribution in [0.3, 0.4) is 0 Å². The molecule has 0 aliphatic heterocycles. The van der Waals surface area contributed by atoms with Crippen molar-refractivity contribution in [2.24, 2.45) is 5.92 Å². The van der Waals surface area contributed by atoms with Crippen molar-refractivity contribution in [2.75, 3.05) is 0 Å². The van der Waals surface area contributed by atoms with E-state index >= 15 is 0 Å². The van der Waals surface area contributed by atoms with Gasteiger partial charge in [-0.05, 0) is 18.4 Å². The van der Waals surface area contributed by atoms with Gasteiger partial charge in [0.1, 0.15) is 0 Å². The summed E-state index contributed by atoms with van der Waals surface area (Å²) in [5.74, 6) is 0.337. The van der Waals surface area contributed by atoms with E-state index in [1.807, 2.05) is 55.5 Å². The van der Waals surface area contributed by atoms with Crippen LogP contribution >= 0.6 is 0 Å². The van der Waals surface area contributed by atoms with Crippen molar-refractivity contribution in [3.63, 3.8) is 0 Å². The predicted molar refractivity (Wildman–Crippen MR) is 76.0 cm³/mol. The van der Waals surface area contributed by atoms with Crippen molar-refractivity contribution in [1.29, 1.82) is 0 Å². The third-order valence-corrected chi connectivity index (χ3v) is 2.42. The van der Waals surface area contributed by atoms with Gasteiger partial charge in [-0.25, -0.2) is 0 Å². The summed E-state index contributed by atoms with van der Waals surface area (Å²) in [6, 6.07) is 9.91. The smallest absolute Gasteiger partial charge is 0.251 e. The summed E-state index contributed by atoms with van der Waals surface area (Å²) in [4.78, 5) is 12.0. The Bertz CT molecular complexity index is 430. The number of nitrogens with one attached hydrogen (secondary N) is 1. The minimum Gasteiger partial charge on any atom is -0.348 e. The second kappa shape index (κ2) is 7.49. The first-order valence-corrected chi connectivity index (χ1v) is 6.30. The fraction of sp³-hybridized carbons (Fsp3) is 0.312. The lowest BCUT2D eigenvalue weighted by Gasteiger charge is -2.07. The fourth-order valence-corrected chi connectivity index (χ4v) is 1.63. The molecule has 0 fully saturated rings. The van der Waals surface area contributed by atoms with Crippen LogP contribution in [0.2, 0.25) is 0 Å². The first kappa shape index (κ1) is 14.2. The van der Waals surface area contributed by atoms with Crippen LogP contribution in [-0.2, 0) is 11.3 Å². The Labute approximate surface area is 109 Å². The summed E-state index contributed by atoms with van der Waals surface area (Å²) in [5, 5.41) is 2.93. The monoisotopic (exact) mass is 243 g/mol. The molecule has 0 saturated carbocycles. The van der Waals surface area contributed by atoms with Crippen molar-refractivity contribution >= 4 is 5.91 Å². The predicted octanol–water partition coefficient (Wildman–Crippen LogP) is 3.46. The molecule has 0 spiro atoms. The third-order valence-electron chi connectivity index (χ3n) is 2.42. The van der Waals surface area contributed by atoms with Crippen LogP contribution in [0.1, 0.15) is 26.3 Å². The average molecular weight is 243 g/mol. The molecular formula is C16H21NO. The first-order chi connectivity index (χ1) is 8.63. The highest BCUT2D eigenvalue weighted by atomic mass is 16.1. The molecule has 0 saturated heterocycles. The van der Waals surface area contributed by atoms with Crippen LogP contribution in [0, 0.1) is 5.92 Å². The summed E-state index contributed by atoms with van der Waals surface area (Å²) in [5.41, 5.74) is 1.83. The van der Waals surface area contributed by atoms with Gasteiger partial charge in [-0.1, -0.05) is 62.4 Å². The highest BCUT2D eigenvalue weighted by Gasteiger charge is 2.06. The van der Waals surface area contributed by atoms with E-state index in [-0.39, 0.29) is 5.91 Å². The van der Waals surface area contributed by atoms with Crippen LogP contribution in [0.15, 0.2) is 54.1 Å². The largest absolute Gasteiger partial charge is 0.348 e. The van der Waals surface area contributed by atoms with E-state index in [2.05, 4.69) is 19.2 Å². The first-order valence-electron chi connectivity index (χ1n) is 6.30. The summed E-state index contributed by atoms with van der Waals surface area (Å²) < 4.78 is 0. The van der Waals surface area contributed by atoms with E-state index in [1.54, 1.807) is 0 Å². The molecule has 0 aromatic heterocycles. The van der Waals surface area contributed by atoms with Crippen LogP contribution in [0.4, 0.5) is 0 Å². The Balaban J connectivity index is 2.63. The molecule has 0 unspecified atom stereocenters. The van der Waals surface area contributed by atoms with Crippen molar-refractivity contribution in [1.82, 2.24) is 5.32 Å². The van der Waals surface area contributed by atoms with Gasteiger partial charge >= 0.3 is 0 Å². The number of hydrogen-bond donors (Lipinski definition) is 1. The minimum atomic E-state index is -0.0225. The lowest BCUT2D eigenvalue weighted by Crippen LogP contribution is -2.24. The molecule has 0 bridgehead atoms. The normalized spacial score (nSPS) is 12.1. The molecule has 2 heteroatoms. The lowest BCUT2D eigenvalue weighted by atomic mass is 10.1. The SMILES string of the molecule is C/C=C\C(=C/C(C)C)C(=O)NCc1ccccc1. The Morgan fingerprint density at radius 1 is 1.28 bits per heavy atom. The maximum Gasteiger partial charge on any atom is 0.251 e. The molecule has 18 heavy (non-hydrogen) atoms. The molecular weight excluding hydrogens is 222 g/mol. The second-order valence-corrected chi connectivity index (χ2v) is 4.53. The third kappa shape index (κ3) is 5.00. The van der Waals surface area contributed by atoms with Gasteiger partial charge in [-0.2, -0.15) is 0 Å². The number of benzene rings is 1. The quantitative estimate of drug-likeness (QED) is 0.622. The van der Waals surface area contributed by atoms with Gasteiger partial charge in [0, 0.05) is 12.1 Å². The van der Waals surface area contributed by atoms with E-state index in [0.717, 1.165) is 11.1 Å². The summed E-state index contributed by atoms with van der Waals surface area (Å²) in [6.45, 7) is 6.60. The summed E-state index contributed by atoms with van der Waals surface area (Å²) in [7, 11) is 0. The number of rotatable bonds is 5. The number of allylic oxidation sites excluding steroid dienone is 2. The highest BCUT2D eigenvalue weighted by Crippen LogP contribution is 2.05. The van der Waals surface area contributed by atoms with Crippen molar-refractivity contribution < 1.29 is 4.79 Å². The molecule has 0 radical (unpaired) electrons. The van der Waals surface area contributed by atoms with Gasteiger partial charge in [-0.15, -0.1) is 0 Å². The van der Waals surface area contributed by atoms with Crippen molar-refractivity contribution in [3.8, 4) is 0 Å². The summed E-state index contributed by atoms with van der Waals surface area (Å²) in [6.07, 6.45) is 5.71. The van der Waals surface area contributed by atoms with Crippen LogP contribution in [-0.4, -0.2) is 5.91 Å². The van der Waals surface area contributed by atoms with Crippen LogP contribution in [0.25, 0.3) is 0 Å². The van der Waals surface area contributed by atoms with E-state index < -0.39 is 0 Å². The Hall–Kier alpha value is -1.83. The molecule has 2 nitrogen and oxygen atoms in total. The van der Waals surface area contributed by atoms with Gasteiger partial charge in [0.15, 0.2) is 0 Å². The van der Waals surface area contributed by atoms with Gasteiger partial charge in [0.05, 0.1) is 0 Å². The maximum absolute atomic E-state index is 12.0. The molecule has 0 heterocycles. The topological polar surface area (TPSA) is 29.1 Å². The van der Waals surface area contributed by atoms with E-state index in [4.69, 9.17) is 0 Å². The lowest BCUT2D eigenvalue weighted by molar-refractivity contribution is -0.117. The molecule has 96 valence electrons. The zero-order chi connectivity index (χ0) is 13.4. The Kier molecular flexibility index (Phi) is 5.92. The molecule has 1 rings (SSSR count). The number of hydrogen-bond acceptors (Lipinski definition) is 1. The number of carbonyl (C=O) groups excluding carboxylic acids is 1. The maximum atomic E-state index is 12.0. The number of amides is 1. The molecule has 0 aliphatic carbocycles. The van der Waals surface area contributed by atoms with Gasteiger partial charge in [0.2, 0.25) is 0 Å². The Morgan fingerprint density at radius 3 is 2.50 bits per heavy atom. The standard InChI is InChI=1S/C16H21NO/c1-4-8-15(11-13(2)3)16(18)17-12-14-9-6-5-7-10-14/h4-11,13H,12H2,1-3H3,(H,17,18)/b8-4-,15-11+. The zero-order valence-corrected chi connectivity index (χ0v) is 11.3. The van der Waals surface area contributed by atoms with Crippen molar-refractivity contribution in [2.45, 2.75) is 27.3 Å². The second-order valence-electron chi connectivity index (χ2n) is 4.53. The fourth-order valence-electron chi connectivity index (χ4n) is 1.63. The van der Waals surface area contributed by atoms with E-state index in [1.165, 1.54) is 0 Å². The van der Waals surface area contributed by atoms with Crippen LogP contribution < -0.4 is 5.32 Å². The Morgan fingerprint density at radius 2 is 1.94 bits per heavy atom. The molecule has 1 aromatic carbocycles. The van der Waals surface area contributed by atoms with E-state index in [0.29, 0.717) is 12.5 Å². The number of carbonyl (C=O) groups is 1. The van der Waals surface area contributed by atoms with Crippen molar-refractivity contribution in [3.05, 3.63) is 59.7 Å². The average Bonchev–Trinajstić information content (AvgIpc) is 2.36.